The van der Waals surface area contributed by atoms with E-state index >= 15 is 0 Å². The molecule has 2 nitrogen and oxygen atoms in total. The summed E-state index contributed by atoms with van der Waals surface area (Å²) in [7, 11) is 0. The molecule has 0 aliphatic heterocycles. The van der Waals surface area contributed by atoms with Crippen molar-refractivity contribution in [2.24, 2.45) is 0 Å². The number of amides is 1. The number of halogens is 1. The Bertz CT molecular complexity index is 177. The molecule has 0 bridgehead atoms. The first kappa shape index (κ1) is 14.6. The van der Waals surface area contributed by atoms with Crippen LogP contribution in [0.3, 0.4) is 0 Å². The Morgan fingerprint density at radius 1 is 1.50 bits per heavy atom. The van der Waals surface area contributed by atoms with Gasteiger partial charge in [0.25, 0.3) is 0 Å². The van der Waals surface area contributed by atoms with Crippen LogP contribution < -0.4 is 5.32 Å². The van der Waals surface area contributed by atoms with E-state index in [1.807, 2.05) is 25.6 Å². The fourth-order valence-corrected chi connectivity index (χ4v) is 2.49. The SMILES string of the molecule is CC(C)NC(=O)CCSCC(C)(C)I. The number of rotatable bonds is 6. The average Bonchev–Trinajstić information content (AvgIpc) is 1.95. The number of carbonyl (C=O) groups is 1. The molecule has 0 aromatic heterocycles. The lowest BCUT2D eigenvalue weighted by Crippen LogP contribution is -2.30. The van der Waals surface area contributed by atoms with Gasteiger partial charge in [0.15, 0.2) is 0 Å². The third-order valence-electron chi connectivity index (χ3n) is 1.37. The molecule has 0 radical (unpaired) electrons. The van der Waals surface area contributed by atoms with E-state index in [1.165, 1.54) is 0 Å². The fourth-order valence-electron chi connectivity index (χ4n) is 0.874. The molecule has 84 valence electrons. The minimum Gasteiger partial charge on any atom is -0.354 e. The van der Waals surface area contributed by atoms with Crippen LogP contribution in [0.15, 0.2) is 0 Å². The molecule has 0 aromatic carbocycles. The van der Waals surface area contributed by atoms with Crippen molar-refractivity contribution < 1.29 is 4.79 Å². The second kappa shape index (κ2) is 6.93. The molecule has 0 unspecified atom stereocenters. The monoisotopic (exact) mass is 329 g/mol. The van der Waals surface area contributed by atoms with Gasteiger partial charge >= 0.3 is 0 Å². The quantitative estimate of drug-likeness (QED) is 0.461. The minimum absolute atomic E-state index is 0.166. The van der Waals surface area contributed by atoms with E-state index in [0.717, 1.165) is 11.5 Å². The van der Waals surface area contributed by atoms with Crippen LogP contribution >= 0.6 is 34.4 Å². The maximum absolute atomic E-state index is 11.3. The zero-order valence-electron chi connectivity index (χ0n) is 9.39. The summed E-state index contributed by atoms with van der Waals surface area (Å²) in [5, 5.41) is 2.89. The lowest BCUT2D eigenvalue weighted by molar-refractivity contribution is -0.121. The molecular formula is C10H20INOS. The van der Waals surface area contributed by atoms with Crippen molar-refractivity contribution in [3.05, 3.63) is 0 Å². The highest BCUT2D eigenvalue weighted by Gasteiger charge is 2.12. The van der Waals surface area contributed by atoms with Crippen molar-refractivity contribution >= 4 is 40.3 Å². The summed E-state index contributed by atoms with van der Waals surface area (Å²) in [6, 6.07) is 0.258. The third kappa shape index (κ3) is 10.6. The molecule has 0 rings (SSSR count). The second-order valence-electron chi connectivity index (χ2n) is 4.24. The van der Waals surface area contributed by atoms with Gasteiger partial charge < -0.3 is 5.32 Å². The summed E-state index contributed by atoms with van der Waals surface area (Å²) in [6.07, 6.45) is 0.634. The molecule has 14 heavy (non-hydrogen) atoms. The van der Waals surface area contributed by atoms with Crippen molar-refractivity contribution in [2.45, 2.75) is 43.6 Å². The van der Waals surface area contributed by atoms with Crippen LogP contribution in [-0.4, -0.2) is 26.9 Å². The largest absolute Gasteiger partial charge is 0.354 e. The lowest BCUT2D eigenvalue weighted by atomic mass is 10.3. The molecule has 0 fully saturated rings. The molecule has 4 heteroatoms. The fraction of sp³-hybridized carbons (Fsp3) is 0.900. The molecule has 1 N–H and O–H groups in total. The van der Waals surface area contributed by atoms with Crippen LogP contribution in [0.4, 0.5) is 0 Å². The van der Waals surface area contributed by atoms with E-state index < -0.39 is 0 Å². The second-order valence-corrected chi connectivity index (χ2v) is 8.27. The van der Waals surface area contributed by atoms with Gasteiger partial charge in [0, 0.05) is 27.4 Å². The van der Waals surface area contributed by atoms with Crippen LogP contribution in [0, 0.1) is 0 Å². The van der Waals surface area contributed by atoms with Gasteiger partial charge in [-0.25, -0.2) is 0 Å². The van der Waals surface area contributed by atoms with Crippen LogP contribution in [0.25, 0.3) is 0 Å². The van der Waals surface area contributed by atoms with Gasteiger partial charge in [-0.3, -0.25) is 4.79 Å². The van der Waals surface area contributed by atoms with E-state index in [9.17, 15) is 4.79 Å². The molecule has 0 heterocycles. The van der Waals surface area contributed by atoms with Crippen molar-refractivity contribution in [3.63, 3.8) is 0 Å². The molecule has 0 aliphatic rings. The maximum atomic E-state index is 11.3. The Hall–Kier alpha value is 0.550. The first-order chi connectivity index (χ1) is 6.31. The highest BCUT2D eigenvalue weighted by molar-refractivity contribution is 14.1. The molecule has 0 saturated carbocycles. The Morgan fingerprint density at radius 2 is 2.07 bits per heavy atom. The number of hydrogen-bond acceptors (Lipinski definition) is 2. The van der Waals surface area contributed by atoms with Gasteiger partial charge in [0.05, 0.1) is 0 Å². The van der Waals surface area contributed by atoms with Gasteiger partial charge in [0.1, 0.15) is 0 Å². The zero-order chi connectivity index (χ0) is 11.2. The Kier molecular flexibility index (Phi) is 7.20. The van der Waals surface area contributed by atoms with Crippen molar-refractivity contribution in [2.75, 3.05) is 11.5 Å². The predicted octanol–water partition coefficient (Wildman–Crippen LogP) is 2.85. The molecule has 0 aromatic rings. The number of alkyl halides is 1. The summed E-state index contributed by atoms with van der Waals surface area (Å²) < 4.78 is 0.330. The van der Waals surface area contributed by atoms with Crippen LogP contribution in [0.5, 0.6) is 0 Å². The number of hydrogen-bond donors (Lipinski definition) is 1. The molecule has 0 saturated heterocycles. The van der Waals surface area contributed by atoms with E-state index in [0.29, 0.717) is 9.84 Å². The standard InChI is InChI=1S/C10H20INOS/c1-8(2)12-9(13)5-6-14-7-10(3,4)11/h8H,5-7H2,1-4H3,(H,12,13). The number of carbonyl (C=O) groups excluding carboxylic acids is 1. The summed E-state index contributed by atoms with van der Waals surface area (Å²) in [5.74, 6) is 2.19. The summed E-state index contributed by atoms with van der Waals surface area (Å²) in [5.41, 5.74) is 0. The van der Waals surface area contributed by atoms with Crippen LogP contribution in [0.1, 0.15) is 34.1 Å². The lowest BCUT2D eigenvalue weighted by Gasteiger charge is -2.15. The highest BCUT2D eigenvalue weighted by Crippen LogP contribution is 2.22. The smallest absolute Gasteiger partial charge is 0.221 e. The normalized spacial score (nSPS) is 11.9. The van der Waals surface area contributed by atoms with Crippen LogP contribution in [0.2, 0.25) is 0 Å². The van der Waals surface area contributed by atoms with Crippen molar-refractivity contribution in [1.82, 2.24) is 5.32 Å². The van der Waals surface area contributed by atoms with Gasteiger partial charge in [-0.15, -0.1) is 0 Å². The zero-order valence-corrected chi connectivity index (χ0v) is 12.4. The first-order valence-corrected chi connectivity index (χ1v) is 7.10. The summed E-state index contributed by atoms with van der Waals surface area (Å²) in [6.45, 7) is 8.38. The molecule has 1 amide bonds. The van der Waals surface area contributed by atoms with Crippen molar-refractivity contribution in [3.8, 4) is 0 Å². The predicted molar refractivity (Wildman–Crippen MR) is 73.3 cm³/mol. The Balaban J connectivity index is 3.41. The Labute approximate surface area is 105 Å². The minimum atomic E-state index is 0.166. The Morgan fingerprint density at radius 3 is 2.50 bits per heavy atom. The van der Waals surface area contributed by atoms with Crippen molar-refractivity contribution in [1.29, 1.82) is 0 Å². The van der Waals surface area contributed by atoms with E-state index in [-0.39, 0.29) is 11.9 Å². The number of nitrogens with one attached hydrogen (secondary N) is 1. The maximum Gasteiger partial charge on any atom is 0.221 e. The van der Waals surface area contributed by atoms with Gasteiger partial charge in [-0.2, -0.15) is 11.8 Å². The van der Waals surface area contributed by atoms with E-state index in [2.05, 4.69) is 41.8 Å². The summed E-state index contributed by atoms with van der Waals surface area (Å²) >= 11 is 4.28. The number of thioether (sulfide) groups is 1. The highest BCUT2D eigenvalue weighted by atomic mass is 127. The molecule has 0 aliphatic carbocycles. The topological polar surface area (TPSA) is 29.1 Å². The van der Waals surface area contributed by atoms with Gasteiger partial charge in [-0.05, 0) is 13.8 Å². The average molecular weight is 329 g/mol. The van der Waals surface area contributed by atoms with Crippen LogP contribution in [-0.2, 0) is 4.79 Å². The van der Waals surface area contributed by atoms with E-state index in [4.69, 9.17) is 0 Å². The molecular weight excluding hydrogens is 309 g/mol. The molecule has 0 atom stereocenters. The first-order valence-electron chi connectivity index (χ1n) is 4.87. The van der Waals surface area contributed by atoms with Gasteiger partial charge in [-0.1, -0.05) is 36.4 Å². The van der Waals surface area contributed by atoms with Gasteiger partial charge in [0.2, 0.25) is 5.91 Å². The molecule has 0 spiro atoms. The third-order valence-corrected chi connectivity index (χ3v) is 3.69. The summed E-state index contributed by atoms with van der Waals surface area (Å²) in [4.78, 5) is 11.3. The van der Waals surface area contributed by atoms with E-state index in [1.54, 1.807) is 0 Å².